The minimum absolute atomic E-state index is 0.0570. The van der Waals surface area contributed by atoms with Gasteiger partial charge >= 0.3 is 5.97 Å². The van der Waals surface area contributed by atoms with Crippen molar-refractivity contribution in [1.29, 1.82) is 0 Å². The van der Waals surface area contributed by atoms with Gasteiger partial charge in [-0.25, -0.2) is 0 Å². The van der Waals surface area contributed by atoms with Gasteiger partial charge in [0.05, 0.1) is 12.3 Å². The highest BCUT2D eigenvalue weighted by atomic mass is 16.5. The standard InChI is InChI=1S/C19H26O3/c1-7-8-13-12(4)16(10-15(13)20)22-18(21)17-14(9-11(2)3)19(17,5)6/h7,9,14,16-17H,1,8,10H2,2-6H3/t14?,16?,17-/m0/s1. The molecule has 2 aliphatic rings. The van der Waals surface area contributed by atoms with E-state index in [0.29, 0.717) is 6.42 Å². The van der Waals surface area contributed by atoms with Gasteiger partial charge in [0, 0.05) is 5.57 Å². The summed E-state index contributed by atoms with van der Waals surface area (Å²) in [6.45, 7) is 13.8. The molecule has 0 aromatic heterocycles. The molecule has 0 aromatic rings. The lowest BCUT2D eigenvalue weighted by Gasteiger charge is -2.13. The number of carbonyl (C=O) groups excluding carboxylic acids is 2. The van der Waals surface area contributed by atoms with Crippen molar-refractivity contribution < 1.29 is 14.3 Å². The molecule has 0 radical (unpaired) electrons. The van der Waals surface area contributed by atoms with E-state index in [1.165, 1.54) is 5.57 Å². The predicted molar refractivity (Wildman–Crippen MR) is 87.2 cm³/mol. The lowest BCUT2D eigenvalue weighted by Crippen LogP contribution is -2.20. The molecule has 2 aliphatic carbocycles. The second-order valence-electron chi connectivity index (χ2n) is 7.28. The van der Waals surface area contributed by atoms with Crippen molar-refractivity contribution in [2.75, 3.05) is 0 Å². The molecule has 1 fully saturated rings. The van der Waals surface area contributed by atoms with Crippen molar-refractivity contribution in [3.63, 3.8) is 0 Å². The minimum Gasteiger partial charge on any atom is -0.457 e. The second kappa shape index (κ2) is 5.86. The van der Waals surface area contributed by atoms with Crippen LogP contribution >= 0.6 is 0 Å². The van der Waals surface area contributed by atoms with Crippen molar-refractivity contribution in [1.82, 2.24) is 0 Å². The molecule has 3 atom stereocenters. The third-order valence-electron chi connectivity index (χ3n) is 4.95. The molecule has 2 rings (SSSR count). The molecule has 0 saturated heterocycles. The first-order valence-electron chi connectivity index (χ1n) is 7.89. The zero-order valence-corrected chi connectivity index (χ0v) is 14.2. The summed E-state index contributed by atoms with van der Waals surface area (Å²) in [7, 11) is 0. The Morgan fingerprint density at radius 3 is 2.59 bits per heavy atom. The fourth-order valence-corrected chi connectivity index (χ4v) is 3.42. The van der Waals surface area contributed by atoms with Gasteiger partial charge in [-0.15, -0.1) is 6.58 Å². The monoisotopic (exact) mass is 302 g/mol. The molecule has 3 heteroatoms. The molecule has 1 saturated carbocycles. The molecule has 0 amide bonds. The number of esters is 1. The summed E-state index contributed by atoms with van der Waals surface area (Å²) in [5, 5.41) is 0. The number of rotatable bonds is 5. The molecule has 22 heavy (non-hydrogen) atoms. The van der Waals surface area contributed by atoms with Gasteiger partial charge in [-0.05, 0) is 44.1 Å². The topological polar surface area (TPSA) is 43.4 Å². The summed E-state index contributed by atoms with van der Waals surface area (Å²) >= 11 is 0. The van der Waals surface area contributed by atoms with E-state index in [9.17, 15) is 9.59 Å². The van der Waals surface area contributed by atoms with Crippen LogP contribution in [0.5, 0.6) is 0 Å². The van der Waals surface area contributed by atoms with Crippen molar-refractivity contribution in [2.24, 2.45) is 17.3 Å². The molecule has 2 unspecified atom stereocenters. The molecule has 3 nitrogen and oxygen atoms in total. The third-order valence-corrected chi connectivity index (χ3v) is 4.95. The average molecular weight is 302 g/mol. The zero-order chi connectivity index (χ0) is 16.7. The van der Waals surface area contributed by atoms with E-state index in [4.69, 9.17) is 4.74 Å². The van der Waals surface area contributed by atoms with Crippen LogP contribution in [0.15, 0.2) is 35.5 Å². The number of allylic oxidation sites excluding steroid dienone is 4. The third kappa shape index (κ3) is 2.94. The summed E-state index contributed by atoms with van der Waals surface area (Å²) in [5.74, 6) is 0.0309. The van der Waals surface area contributed by atoms with Gasteiger partial charge in [-0.1, -0.05) is 31.6 Å². The van der Waals surface area contributed by atoms with Crippen molar-refractivity contribution in [3.8, 4) is 0 Å². The van der Waals surface area contributed by atoms with Gasteiger partial charge in [-0.3, -0.25) is 9.59 Å². The van der Waals surface area contributed by atoms with Crippen molar-refractivity contribution in [3.05, 3.63) is 35.5 Å². The Hall–Kier alpha value is -1.64. The number of hydrogen-bond donors (Lipinski definition) is 0. The average Bonchev–Trinajstić information content (AvgIpc) is 2.83. The Kier molecular flexibility index (Phi) is 4.46. The quantitative estimate of drug-likeness (QED) is 0.569. The number of hydrogen-bond acceptors (Lipinski definition) is 3. The highest BCUT2D eigenvalue weighted by Crippen LogP contribution is 2.60. The summed E-state index contributed by atoms with van der Waals surface area (Å²) in [6.07, 6.45) is 4.31. The molecule has 0 heterocycles. The number of Topliss-reactive ketones (excluding diaryl/α,β-unsaturated/α-hetero) is 1. The minimum atomic E-state index is -0.390. The fraction of sp³-hybridized carbons (Fsp3) is 0.579. The molecular formula is C19H26O3. The molecule has 0 spiro atoms. The van der Waals surface area contributed by atoms with E-state index in [2.05, 4.69) is 26.5 Å². The maximum Gasteiger partial charge on any atom is 0.310 e. The maximum atomic E-state index is 12.5. The van der Waals surface area contributed by atoms with Gasteiger partial charge in [0.25, 0.3) is 0 Å². The van der Waals surface area contributed by atoms with E-state index in [1.54, 1.807) is 6.08 Å². The zero-order valence-electron chi connectivity index (χ0n) is 14.2. The van der Waals surface area contributed by atoms with Crippen LogP contribution in [-0.4, -0.2) is 17.9 Å². The Bertz CT molecular complexity index is 573. The number of carbonyl (C=O) groups is 2. The molecule has 120 valence electrons. The largest absolute Gasteiger partial charge is 0.457 e. The van der Waals surface area contributed by atoms with Gasteiger partial charge in [-0.2, -0.15) is 0 Å². The first-order valence-corrected chi connectivity index (χ1v) is 7.89. The van der Waals surface area contributed by atoms with Crippen LogP contribution in [0.25, 0.3) is 0 Å². The number of ether oxygens (including phenoxy) is 1. The van der Waals surface area contributed by atoms with E-state index in [0.717, 1.165) is 11.1 Å². The SMILES string of the molecule is C=CCC1=C(C)C(OC(=O)[C@@H]2C(C=C(C)C)C2(C)C)CC1=O. The van der Waals surface area contributed by atoms with Crippen LogP contribution < -0.4 is 0 Å². The molecular weight excluding hydrogens is 276 g/mol. The predicted octanol–water partition coefficient (Wildman–Crippen LogP) is 4.00. The van der Waals surface area contributed by atoms with Gasteiger partial charge < -0.3 is 4.74 Å². The Labute approximate surface area is 133 Å². The van der Waals surface area contributed by atoms with Crippen LogP contribution in [0, 0.1) is 17.3 Å². The molecule has 0 aromatic carbocycles. The van der Waals surface area contributed by atoms with Gasteiger partial charge in [0.1, 0.15) is 6.10 Å². The summed E-state index contributed by atoms with van der Waals surface area (Å²) in [4.78, 5) is 24.5. The highest BCUT2D eigenvalue weighted by Gasteiger charge is 2.61. The summed E-state index contributed by atoms with van der Waals surface area (Å²) in [5.41, 5.74) is 2.80. The maximum absolute atomic E-state index is 12.5. The van der Waals surface area contributed by atoms with Crippen LogP contribution in [0.4, 0.5) is 0 Å². The Morgan fingerprint density at radius 2 is 2.05 bits per heavy atom. The summed E-state index contributed by atoms with van der Waals surface area (Å²) < 4.78 is 5.66. The van der Waals surface area contributed by atoms with E-state index >= 15 is 0 Å². The Balaban J connectivity index is 2.07. The first kappa shape index (κ1) is 16.7. The molecule has 0 bridgehead atoms. The van der Waals surface area contributed by atoms with E-state index < -0.39 is 6.10 Å². The fourth-order valence-electron chi connectivity index (χ4n) is 3.42. The van der Waals surface area contributed by atoms with Crippen LogP contribution in [0.1, 0.15) is 47.5 Å². The van der Waals surface area contributed by atoms with Gasteiger partial charge in [0.2, 0.25) is 0 Å². The van der Waals surface area contributed by atoms with E-state index in [1.807, 2.05) is 20.8 Å². The molecule has 0 N–H and O–H groups in total. The van der Waals surface area contributed by atoms with Crippen molar-refractivity contribution >= 4 is 11.8 Å². The van der Waals surface area contributed by atoms with Crippen molar-refractivity contribution in [2.45, 2.75) is 53.6 Å². The van der Waals surface area contributed by atoms with Gasteiger partial charge in [0.15, 0.2) is 5.78 Å². The normalized spacial score (nSPS) is 29.3. The first-order chi connectivity index (χ1) is 10.2. The second-order valence-corrected chi connectivity index (χ2v) is 7.28. The molecule has 0 aliphatic heterocycles. The van der Waals surface area contributed by atoms with Crippen LogP contribution in [0.3, 0.4) is 0 Å². The Morgan fingerprint density at radius 1 is 1.41 bits per heavy atom. The smallest absolute Gasteiger partial charge is 0.310 e. The van der Waals surface area contributed by atoms with Crippen LogP contribution in [-0.2, 0) is 14.3 Å². The summed E-state index contributed by atoms with van der Waals surface area (Å²) in [6, 6.07) is 0. The van der Waals surface area contributed by atoms with E-state index in [-0.39, 0.29) is 35.4 Å². The lowest BCUT2D eigenvalue weighted by molar-refractivity contribution is -0.150. The lowest BCUT2D eigenvalue weighted by atomic mass is 10.1. The highest BCUT2D eigenvalue weighted by molar-refractivity contribution is 6.00. The van der Waals surface area contributed by atoms with Crippen LogP contribution in [0.2, 0.25) is 0 Å². The number of ketones is 1.